The standard InChI is InChI=1S/C15H15BrN2O/c1-11-7-8-14(13(16)9-11)18-15(19)17-10-12-5-3-2-4-6-12/h2-9H,10H2,1H3,(H2,17,18,19). The van der Waals surface area contributed by atoms with Gasteiger partial charge in [-0.05, 0) is 46.1 Å². The van der Waals surface area contributed by atoms with Crippen LogP contribution in [0.25, 0.3) is 0 Å². The first kappa shape index (κ1) is 13.6. The molecule has 0 aliphatic rings. The summed E-state index contributed by atoms with van der Waals surface area (Å²) in [6.45, 7) is 2.51. The van der Waals surface area contributed by atoms with E-state index in [4.69, 9.17) is 0 Å². The van der Waals surface area contributed by atoms with E-state index in [2.05, 4.69) is 26.6 Å². The third kappa shape index (κ3) is 4.10. The minimum absolute atomic E-state index is 0.214. The van der Waals surface area contributed by atoms with Crippen molar-refractivity contribution in [3.63, 3.8) is 0 Å². The van der Waals surface area contributed by atoms with Crippen LogP contribution in [-0.4, -0.2) is 6.03 Å². The number of carbonyl (C=O) groups is 1. The predicted molar refractivity (Wildman–Crippen MR) is 81.2 cm³/mol. The zero-order valence-corrected chi connectivity index (χ0v) is 12.2. The highest BCUT2D eigenvalue weighted by Crippen LogP contribution is 2.23. The Morgan fingerprint density at radius 2 is 1.89 bits per heavy atom. The first-order chi connectivity index (χ1) is 9.15. The second-order valence-corrected chi connectivity index (χ2v) is 5.13. The van der Waals surface area contributed by atoms with E-state index in [0.717, 1.165) is 21.3 Å². The normalized spacial score (nSPS) is 10.0. The van der Waals surface area contributed by atoms with Crippen molar-refractivity contribution >= 4 is 27.6 Å². The smallest absolute Gasteiger partial charge is 0.319 e. The van der Waals surface area contributed by atoms with Gasteiger partial charge in [0.15, 0.2) is 0 Å². The molecule has 2 aromatic carbocycles. The number of halogens is 1. The SMILES string of the molecule is Cc1ccc(NC(=O)NCc2ccccc2)c(Br)c1. The molecule has 0 radical (unpaired) electrons. The van der Waals surface area contributed by atoms with Crippen molar-refractivity contribution in [1.29, 1.82) is 0 Å². The average Bonchev–Trinajstić information content (AvgIpc) is 2.41. The number of amides is 2. The molecule has 19 heavy (non-hydrogen) atoms. The van der Waals surface area contributed by atoms with E-state index in [0.29, 0.717) is 6.54 Å². The number of rotatable bonds is 3. The van der Waals surface area contributed by atoms with Crippen LogP contribution < -0.4 is 10.6 Å². The van der Waals surface area contributed by atoms with E-state index < -0.39 is 0 Å². The largest absolute Gasteiger partial charge is 0.334 e. The molecule has 0 aromatic heterocycles. The molecule has 0 aliphatic heterocycles. The van der Waals surface area contributed by atoms with Gasteiger partial charge in [0.1, 0.15) is 0 Å². The van der Waals surface area contributed by atoms with Crippen molar-refractivity contribution < 1.29 is 4.79 Å². The molecule has 0 atom stereocenters. The number of benzene rings is 2. The van der Waals surface area contributed by atoms with Crippen LogP contribution in [0.4, 0.5) is 10.5 Å². The van der Waals surface area contributed by atoms with Gasteiger partial charge in [0.2, 0.25) is 0 Å². The van der Waals surface area contributed by atoms with Gasteiger partial charge in [-0.3, -0.25) is 0 Å². The summed E-state index contributed by atoms with van der Waals surface area (Å²) in [6.07, 6.45) is 0. The molecule has 2 amide bonds. The van der Waals surface area contributed by atoms with Crippen LogP contribution in [0, 0.1) is 6.92 Å². The number of hydrogen-bond acceptors (Lipinski definition) is 1. The highest BCUT2D eigenvalue weighted by atomic mass is 79.9. The fourth-order valence-electron chi connectivity index (χ4n) is 1.67. The molecule has 3 nitrogen and oxygen atoms in total. The summed E-state index contributed by atoms with van der Waals surface area (Å²) in [4.78, 5) is 11.8. The van der Waals surface area contributed by atoms with Gasteiger partial charge in [-0.25, -0.2) is 4.79 Å². The van der Waals surface area contributed by atoms with Crippen LogP contribution in [0.3, 0.4) is 0 Å². The first-order valence-corrected chi connectivity index (χ1v) is 6.79. The van der Waals surface area contributed by atoms with Gasteiger partial charge < -0.3 is 10.6 Å². The Balaban J connectivity index is 1.91. The van der Waals surface area contributed by atoms with Crippen LogP contribution in [0.15, 0.2) is 53.0 Å². The Morgan fingerprint density at radius 3 is 2.58 bits per heavy atom. The van der Waals surface area contributed by atoms with Gasteiger partial charge in [-0.15, -0.1) is 0 Å². The summed E-state index contributed by atoms with van der Waals surface area (Å²) in [5.41, 5.74) is 2.97. The molecule has 0 spiro atoms. The molecule has 0 heterocycles. The van der Waals surface area contributed by atoms with Crippen molar-refractivity contribution in [2.75, 3.05) is 5.32 Å². The summed E-state index contributed by atoms with van der Waals surface area (Å²) >= 11 is 3.43. The Kier molecular flexibility index (Phi) is 4.58. The average molecular weight is 319 g/mol. The second kappa shape index (κ2) is 6.38. The molecular weight excluding hydrogens is 304 g/mol. The number of carbonyl (C=O) groups excluding carboxylic acids is 1. The van der Waals surface area contributed by atoms with Crippen molar-refractivity contribution in [3.05, 3.63) is 64.1 Å². The van der Waals surface area contributed by atoms with Gasteiger partial charge >= 0.3 is 6.03 Å². The Labute approximate surface area is 121 Å². The number of anilines is 1. The topological polar surface area (TPSA) is 41.1 Å². The van der Waals surface area contributed by atoms with E-state index in [1.54, 1.807) is 0 Å². The van der Waals surface area contributed by atoms with Gasteiger partial charge in [-0.1, -0.05) is 36.4 Å². The van der Waals surface area contributed by atoms with E-state index in [9.17, 15) is 4.79 Å². The molecule has 98 valence electrons. The number of urea groups is 1. The van der Waals surface area contributed by atoms with E-state index >= 15 is 0 Å². The van der Waals surface area contributed by atoms with Crippen molar-refractivity contribution in [2.45, 2.75) is 13.5 Å². The minimum Gasteiger partial charge on any atom is -0.334 e. The number of hydrogen-bond donors (Lipinski definition) is 2. The molecule has 0 saturated carbocycles. The molecule has 2 aromatic rings. The second-order valence-electron chi connectivity index (χ2n) is 4.28. The first-order valence-electron chi connectivity index (χ1n) is 6.00. The van der Waals surface area contributed by atoms with E-state index in [1.165, 1.54) is 0 Å². The third-order valence-corrected chi connectivity index (χ3v) is 3.32. The summed E-state index contributed by atoms with van der Waals surface area (Å²) in [5, 5.41) is 5.63. The van der Waals surface area contributed by atoms with Crippen LogP contribution >= 0.6 is 15.9 Å². The highest BCUT2D eigenvalue weighted by molar-refractivity contribution is 9.10. The summed E-state index contributed by atoms with van der Waals surface area (Å²) in [5.74, 6) is 0. The van der Waals surface area contributed by atoms with Gasteiger partial charge in [0.25, 0.3) is 0 Å². The fraction of sp³-hybridized carbons (Fsp3) is 0.133. The van der Waals surface area contributed by atoms with Crippen LogP contribution in [0.2, 0.25) is 0 Å². The Bertz CT molecular complexity index is 570. The van der Waals surface area contributed by atoms with Crippen molar-refractivity contribution in [1.82, 2.24) is 5.32 Å². The Hall–Kier alpha value is -1.81. The van der Waals surface area contributed by atoms with E-state index in [-0.39, 0.29) is 6.03 Å². The van der Waals surface area contributed by atoms with Crippen LogP contribution in [0.1, 0.15) is 11.1 Å². The maximum absolute atomic E-state index is 11.8. The lowest BCUT2D eigenvalue weighted by atomic mass is 10.2. The summed E-state index contributed by atoms with van der Waals surface area (Å²) < 4.78 is 0.877. The zero-order chi connectivity index (χ0) is 13.7. The van der Waals surface area contributed by atoms with Crippen LogP contribution in [-0.2, 0) is 6.54 Å². The fourth-order valence-corrected chi connectivity index (χ4v) is 2.26. The van der Waals surface area contributed by atoms with Gasteiger partial charge in [0.05, 0.1) is 5.69 Å². The maximum Gasteiger partial charge on any atom is 0.319 e. The third-order valence-electron chi connectivity index (χ3n) is 2.67. The molecular formula is C15H15BrN2O. The zero-order valence-electron chi connectivity index (χ0n) is 10.6. The molecule has 0 unspecified atom stereocenters. The van der Waals surface area contributed by atoms with Crippen molar-refractivity contribution in [3.8, 4) is 0 Å². The lowest BCUT2D eigenvalue weighted by Crippen LogP contribution is -2.28. The Morgan fingerprint density at radius 1 is 1.16 bits per heavy atom. The quantitative estimate of drug-likeness (QED) is 0.879. The van der Waals surface area contributed by atoms with Gasteiger partial charge in [0, 0.05) is 11.0 Å². The monoisotopic (exact) mass is 318 g/mol. The highest BCUT2D eigenvalue weighted by Gasteiger charge is 2.04. The molecule has 0 saturated heterocycles. The van der Waals surface area contributed by atoms with E-state index in [1.807, 2.05) is 55.5 Å². The lowest BCUT2D eigenvalue weighted by molar-refractivity contribution is 0.251. The predicted octanol–water partition coefficient (Wildman–Crippen LogP) is 4.08. The molecule has 2 N–H and O–H groups in total. The molecule has 4 heteroatoms. The number of nitrogens with one attached hydrogen (secondary N) is 2. The summed E-state index contributed by atoms with van der Waals surface area (Å²) in [7, 11) is 0. The number of aryl methyl sites for hydroxylation is 1. The minimum atomic E-state index is -0.214. The molecule has 0 fully saturated rings. The van der Waals surface area contributed by atoms with Gasteiger partial charge in [-0.2, -0.15) is 0 Å². The maximum atomic E-state index is 11.8. The molecule has 2 rings (SSSR count). The van der Waals surface area contributed by atoms with Crippen molar-refractivity contribution in [2.24, 2.45) is 0 Å². The van der Waals surface area contributed by atoms with Crippen LogP contribution in [0.5, 0.6) is 0 Å². The summed E-state index contributed by atoms with van der Waals surface area (Å²) in [6, 6.07) is 15.4. The lowest BCUT2D eigenvalue weighted by Gasteiger charge is -2.09. The molecule has 0 bridgehead atoms. The molecule has 0 aliphatic carbocycles.